The molecule has 2 aromatic carbocycles. The van der Waals surface area contributed by atoms with E-state index in [1.54, 1.807) is 12.1 Å². The summed E-state index contributed by atoms with van der Waals surface area (Å²) in [6.07, 6.45) is 1.53. The molecule has 0 bridgehead atoms. The van der Waals surface area contributed by atoms with Crippen LogP contribution in [-0.2, 0) is 31.4 Å². The third kappa shape index (κ3) is 4.35. The van der Waals surface area contributed by atoms with Gasteiger partial charge in [-0.05, 0) is 23.3 Å². The van der Waals surface area contributed by atoms with Crippen LogP contribution in [0.2, 0.25) is 0 Å². The Morgan fingerprint density at radius 1 is 1.04 bits per heavy atom. The van der Waals surface area contributed by atoms with E-state index in [2.05, 4.69) is 0 Å². The molecule has 0 aromatic heterocycles. The fraction of sp³-hybridized carbons (Fsp3) is 0.294. The molecule has 26 heavy (non-hydrogen) atoms. The molecule has 0 unspecified atom stereocenters. The van der Waals surface area contributed by atoms with Gasteiger partial charge in [0, 0.05) is 0 Å². The molecular formula is C17H19NO6S2. The van der Waals surface area contributed by atoms with Crippen molar-refractivity contribution < 1.29 is 26.3 Å². The third-order valence-electron chi connectivity index (χ3n) is 3.72. The zero-order chi connectivity index (χ0) is 18.9. The highest BCUT2D eigenvalue weighted by molar-refractivity contribution is 8.09. The van der Waals surface area contributed by atoms with Gasteiger partial charge in [-0.2, -0.15) is 3.71 Å². The molecule has 1 saturated heterocycles. The summed E-state index contributed by atoms with van der Waals surface area (Å²) in [6.45, 7) is 0.690. The molecule has 1 atom stereocenters. The maximum Gasteiger partial charge on any atom is 0.245 e. The summed E-state index contributed by atoms with van der Waals surface area (Å²) in [7, 11) is -8.16. The molecular weight excluding hydrogens is 378 g/mol. The smallest absolute Gasteiger partial charge is 0.245 e. The molecule has 7 nitrogen and oxygen atoms in total. The Kier molecular flexibility index (Phi) is 4.96. The van der Waals surface area contributed by atoms with E-state index in [9.17, 15) is 16.8 Å². The Bertz CT molecular complexity index is 967. The predicted octanol–water partition coefficient (Wildman–Crippen LogP) is 2.06. The van der Waals surface area contributed by atoms with Crippen molar-refractivity contribution in [2.24, 2.45) is 0 Å². The van der Waals surface area contributed by atoms with E-state index in [1.807, 2.05) is 30.3 Å². The summed E-state index contributed by atoms with van der Waals surface area (Å²) >= 11 is 0. The monoisotopic (exact) mass is 397 g/mol. The lowest BCUT2D eigenvalue weighted by Crippen LogP contribution is -2.35. The second kappa shape index (κ2) is 6.90. The number of rotatable bonds is 7. The van der Waals surface area contributed by atoms with Gasteiger partial charge in [-0.1, -0.05) is 36.4 Å². The lowest BCUT2D eigenvalue weighted by Gasteiger charge is -2.23. The largest absolute Gasteiger partial charge is 0.487 e. The molecule has 2 aromatic rings. The van der Waals surface area contributed by atoms with E-state index in [-0.39, 0.29) is 24.1 Å². The number of benzene rings is 2. The molecule has 1 heterocycles. The predicted molar refractivity (Wildman–Crippen MR) is 98.1 cm³/mol. The van der Waals surface area contributed by atoms with Gasteiger partial charge in [-0.3, -0.25) is 0 Å². The summed E-state index contributed by atoms with van der Waals surface area (Å²) in [5, 5.41) is 0. The standard InChI is InChI=1S/C17H19NO6S2/c1-25(19,20)18(26(2,21)22)15-10-14(17-12-24-17)8-9-16(15)23-11-13-6-4-3-5-7-13/h3-10,17H,11-12H2,1-2H3/t17-/m0/s1. The molecule has 9 heteroatoms. The number of sulfonamides is 2. The molecule has 3 rings (SSSR count). The van der Waals surface area contributed by atoms with E-state index in [0.29, 0.717) is 15.9 Å². The second-order valence-corrected chi connectivity index (χ2v) is 9.94. The van der Waals surface area contributed by atoms with Crippen LogP contribution in [0, 0.1) is 0 Å². The minimum atomic E-state index is -4.08. The first-order chi connectivity index (χ1) is 12.2. The van der Waals surface area contributed by atoms with Crippen LogP contribution in [0.1, 0.15) is 17.2 Å². The molecule has 0 N–H and O–H groups in total. The summed E-state index contributed by atoms with van der Waals surface area (Å²) in [6, 6.07) is 14.1. The van der Waals surface area contributed by atoms with Gasteiger partial charge in [0.15, 0.2) is 0 Å². The first-order valence-corrected chi connectivity index (χ1v) is 11.5. The number of epoxide rings is 1. The van der Waals surface area contributed by atoms with Crippen LogP contribution in [0.5, 0.6) is 5.75 Å². The van der Waals surface area contributed by atoms with Crippen molar-refractivity contribution in [3.63, 3.8) is 0 Å². The Labute approximate surface area is 153 Å². The summed E-state index contributed by atoms with van der Waals surface area (Å²) < 4.78 is 60.0. The number of ether oxygens (including phenoxy) is 2. The molecule has 140 valence electrons. The molecule has 1 aliphatic heterocycles. The van der Waals surface area contributed by atoms with Crippen LogP contribution in [0.15, 0.2) is 48.5 Å². The average molecular weight is 397 g/mol. The summed E-state index contributed by atoms with van der Waals surface area (Å²) in [4.78, 5) is 0. The topological polar surface area (TPSA) is 93.3 Å². The van der Waals surface area contributed by atoms with Crippen molar-refractivity contribution in [3.8, 4) is 5.75 Å². The lowest BCUT2D eigenvalue weighted by molar-refractivity contribution is 0.307. The first kappa shape index (κ1) is 18.7. The average Bonchev–Trinajstić information content (AvgIpc) is 3.37. The van der Waals surface area contributed by atoms with Crippen molar-refractivity contribution >= 4 is 25.7 Å². The Morgan fingerprint density at radius 3 is 2.19 bits per heavy atom. The Hall–Kier alpha value is -2.10. The third-order valence-corrected chi connectivity index (χ3v) is 6.95. The molecule has 0 aliphatic carbocycles. The molecule has 0 spiro atoms. The zero-order valence-corrected chi connectivity index (χ0v) is 16.0. The van der Waals surface area contributed by atoms with Crippen molar-refractivity contribution in [2.75, 3.05) is 22.8 Å². The minimum Gasteiger partial charge on any atom is -0.487 e. The first-order valence-electron chi connectivity index (χ1n) is 7.79. The maximum absolute atomic E-state index is 12.2. The molecule has 0 saturated carbocycles. The molecule has 0 radical (unpaired) electrons. The normalized spacial score (nSPS) is 16.9. The van der Waals surface area contributed by atoms with Gasteiger partial charge in [-0.25, -0.2) is 16.8 Å². The lowest BCUT2D eigenvalue weighted by atomic mass is 10.1. The van der Waals surface area contributed by atoms with Crippen molar-refractivity contribution in [3.05, 3.63) is 59.7 Å². The van der Waals surface area contributed by atoms with E-state index in [1.165, 1.54) is 6.07 Å². The summed E-state index contributed by atoms with van der Waals surface area (Å²) in [5.74, 6) is 0.161. The highest BCUT2D eigenvalue weighted by Gasteiger charge is 2.33. The number of nitrogens with zero attached hydrogens (tertiary/aromatic N) is 1. The Balaban J connectivity index is 2.03. The van der Waals surface area contributed by atoms with E-state index >= 15 is 0 Å². The van der Waals surface area contributed by atoms with Gasteiger partial charge >= 0.3 is 0 Å². The van der Waals surface area contributed by atoms with Gasteiger partial charge in [-0.15, -0.1) is 0 Å². The highest BCUT2D eigenvalue weighted by atomic mass is 32.3. The molecule has 1 aliphatic rings. The van der Waals surface area contributed by atoms with Crippen molar-refractivity contribution in [2.45, 2.75) is 12.7 Å². The number of hydrogen-bond acceptors (Lipinski definition) is 6. The van der Waals surface area contributed by atoms with Crippen LogP contribution in [0.3, 0.4) is 0 Å². The van der Waals surface area contributed by atoms with E-state index in [4.69, 9.17) is 9.47 Å². The van der Waals surface area contributed by atoms with Crippen LogP contribution in [0.4, 0.5) is 5.69 Å². The summed E-state index contributed by atoms with van der Waals surface area (Å²) in [5.41, 5.74) is 1.53. The second-order valence-electron chi connectivity index (χ2n) is 6.05. The molecule has 1 fully saturated rings. The fourth-order valence-corrected chi connectivity index (χ4v) is 5.55. The van der Waals surface area contributed by atoms with Crippen LogP contribution >= 0.6 is 0 Å². The van der Waals surface area contributed by atoms with Gasteiger partial charge in [0.2, 0.25) is 20.0 Å². The fourth-order valence-electron chi connectivity index (χ4n) is 2.58. The van der Waals surface area contributed by atoms with Gasteiger partial charge in [0.25, 0.3) is 0 Å². The molecule has 0 amide bonds. The van der Waals surface area contributed by atoms with Crippen LogP contribution in [-0.4, -0.2) is 36.0 Å². The van der Waals surface area contributed by atoms with Crippen LogP contribution in [0.25, 0.3) is 0 Å². The van der Waals surface area contributed by atoms with Gasteiger partial charge in [0.1, 0.15) is 24.1 Å². The van der Waals surface area contributed by atoms with Gasteiger partial charge < -0.3 is 9.47 Å². The Morgan fingerprint density at radius 2 is 1.65 bits per heavy atom. The van der Waals surface area contributed by atoms with E-state index < -0.39 is 20.0 Å². The van der Waals surface area contributed by atoms with Gasteiger partial charge in [0.05, 0.1) is 19.1 Å². The van der Waals surface area contributed by atoms with E-state index in [0.717, 1.165) is 18.1 Å². The number of anilines is 1. The maximum atomic E-state index is 12.2. The quantitative estimate of drug-likeness (QED) is 0.664. The van der Waals surface area contributed by atoms with Crippen LogP contribution < -0.4 is 8.45 Å². The SMILES string of the molecule is CS(=O)(=O)N(c1cc([C@@H]2CO2)ccc1OCc1ccccc1)S(C)(=O)=O. The van der Waals surface area contributed by atoms with Crippen molar-refractivity contribution in [1.29, 1.82) is 0 Å². The highest BCUT2D eigenvalue weighted by Crippen LogP contribution is 2.38. The van der Waals surface area contributed by atoms with Crippen molar-refractivity contribution in [1.82, 2.24) is 0 Å². The zero-order valence-electron chi connectivity index (χ0n) is 14.3. The number of hydrogen-bond donors (Lipinski definition) is 0. The minimum absolute atomic E-state index is 0.0427.